The summed E-state index contributed by atoms with van der Waals surface area (Å²) in [5.74, 6) is 0. The zero-order chi connectivity index (χ0) is 14.6. The van der Waals surface area contributed by atoms with Gasteiger partial charge in [0, 0.05) is 28.1 Å². The molecule has 0 bridgehead atoms. The standard InChI is InChI=1S/C14H20N2O2S2/c1-3-4-9-16-20(17,18)14-11-7-5-6-8-12(11)19-13(14)10-15-2/h5-8,15-16H,3-4,9-10H2,1-2H3. The second kappa shape index (κ2) is 6.67. The molecule has 1 heterocycles. The Labute approximate surface area is 124 Å². The van der Waals surface area contributed by atoms with Gasteiger partial charge in [-0.2, -0.15) is 0 Å². The summed E-state index contributed by atoms with van der Waals surface area (Å²) in [6, 6.07) is 7.65. The minimum atomic E-state index is -3.45. The zero-order valence-electron chi connectivity index (χ0n) is 11.8. The van der Waals surface area contributed by atoms with E-state index in [1.54, 1.807) is 0 Å². The SMILES string of the molecule is CCCCNS(=O)(=O)c1c(CNC)sc2ccccc12. The van der Waals surface area contributed by atoms with E-state index in [1.165, 1.54) is 11.3 Å². The summed E-state index contributed by atoms with van der Waals surface area (Å²) in [6.45, 7) is 3.09. The Morgan fingerprint density at radius 3 is 2.70 bits per heavy atom. The van der Waals surface area contributed by atoms with Crippen LogP contribution in [-0.4, -0.2) is 22.0 Å². The largest absolute Gasteiger partial charge is 0.315 e. The fourth-order valence-electron chi connectivity index (χ4n) is 2.10. The molecule has 0 radical (unpaired) electrons. The molecule has 0 aliphatic heterocycles. The molecule has 2 aromatic rings. The highest BCUT2D eigenvalue weighted by molar-refractivity contribution is 7.90. The summed E-state index contributed by atoms with van der Waals surface area (Å²) < 4.78 is 28.8. The van der Waals surface area contributed by atoms with Gasteiger partial charge >= 0.3 is 0 Å². The number of hydrogen-bond donors (Lipinski definition) is 2. The highest BCUT2D eigenvalue weighted by Gasteiger charge is 2.23. The second-order valence-corrected chi connectivity index (χ2v) is 7.47. The lowest BCUT2D eigenvalue weighted by atomic mass is 10.2. The van der Waals surface area contributed by atoms with Crippen LogP contribution in [0.2, 0.25) is 0 Å². The van der Waals surface area contributed by atoms with Gasteiger partial charge in [-0.1, -0.05) is 31.5 Å². The highest BCUT2D eigenvalue weighted by Crippen LogP contribution is 2.34. The first-order chi connectivity index (χ1) is 9.60. The molecule has 1 aromatic heterocycles. The molecule has 0 unspecified atom stereocenters. The van der Waals surface area contributed by atoms with Gasteiger partial charge in [-0.15, -0.1) is 11.3 Å². The lowest BCUT2D eigenvalue weighted by molar-refractivity contribution is 0.578. The second-order valence-electron chi connectivity index (χ2n) is 4.63. The molecule has 20 heavy (non-hydrogen) atoms. The van der Waals surface area contributed by atoms with Crippen molar-refractivity contribution in [3.05, 3.63) is 29.1 Å². The summed E-state index contributed by atoms with van der Waals surface area (Å²) in [5.41, 5.74) is 0. The fraction of sp³-hybridized carbons (Fsp3) is 0.429. The molecule has 2 rings (SSSR count). The van der Waals surface area contributed by atoms with Gasteiger partial charge in [-0.3, -0.25) is 0 Å². The van der Waals surface area contributed by atoms with Crippen LogP contribution in [0.5, 0.6) is 0 Å². The predicted molar refractivity (Wildman–Crippen MR) is 84.7 cm³/mol. The molecule has 0 aliphatic carbocycles. The number of hydrogen-bond acceptors (Lipinski definition) is 4. The van der Waals surface area contributed by atoms with Crippen molar-refractivity contribution in [2.75, 3.05) is 13.6 Å². The maximum Gasteiger partial charge on any atom is 0.242 e. The van der Waals surface area contributed by atoms with Gasteiger partial charge in [-0.05, 0) is 19.5 Å². The normalized spacial score (nSPS) is 12.1. The molecule has 110 valence electrons. The van der Waals surface area contributed by atoms with Crippen molar-refractivity contribution in [1.82, 2.24) is 10.0 Å². The van der Waals surface area contributed by atoms with Crippen LogP contribution in [0.1, 0.15) is 24.6 Å². The molecule has 0 saturated heterocycles. The zero-order valence-corrected chi connectivity index (χ0v) is 13.4. The van der Waals surface area contributed by atoms with Crippen molar-refractivity contribution in [1.29, 1.82) is 0 Å². The molecule has 4 nitrogen and oxygen atoms in total. The molecular formula is C14H20N2O2S2. The number of rotatable bonds is 7. The van der Waals surface area contributed by atoms with Gasteiger partial charge in [0.1, 0.15) is 4.90 Å². The third kappa shape index (κ3) is 3.20. The quantitative estimate of drug-likeness (QED) is 0.773. The molecule has 0 aliphatic rings. The molecule has 0 saturated carbocycles. The van der Waals surface area contributed by atoms with Crippen molar-refractivity contribution >= 4 is 31.4 Å². The van der Waals surface area contributed by atoms with Gasteiger partial charge in [0.15, 0.2) is 0 Å². The third-order valence-corrected chi connectivity index (χ3v) is 5.93. The van der Waals surface area contributed by atoms with Gasteiger partial charge in [0.2, 0.25) is 10.0 Å². The number of fused-ring (bicyclic) bond motifs is 1. The van der Waals surface area contributed by atoms with Crippen molar-refractivity contribution in [2.45, 2.75) is 31.2 Å². The maximum absolute atomic E-state index is 12.5. The lowest BCUT2D eigenvalue weighted by Gasteiger charge is -2.08. The maximum atomic E-state index is 12.5. The van der Waals surface area contributed by atoms with Crippen LogP contribution in [-0.2, 0) is 16.6 Å². The first-order valence-electron chi connectivity index (χ1n) is 6.74. The van der Waals surface area contributed by atoms with Gasteiger partial charge in [0.05, 0.1) is 0 Å². The average molecular weight is 312 g/mol. The van der Waals surface area contributed by atoms with Crippen LogP contribution >= 0.6 is 11.3 Å². The van der Waals surface area contributed by atoms with E-state index in [-0.39, 0.29) is 0 Å². The van der Waals surface area contributed by atoms with E-state index in [0.717, 1.165) is 27.8 Å². The molecular weight excluding hydrogens is 292 g/mol. The molecule has 6 heteroatoms. The number of thiophene rings is 1. The van der Waals surface area contributed by atoms with E-state index in [9.17, 15) is 8.42 Å². The Bertz CT molecular complexity index is 678. The Balaban J connectivity index is 2.47. The number of nitrogens with one attached hydrogen (secondary N) is 2. The Morgan fingerprint density at radius 2 is 2.00 bits per heavy atom. The summed E-state index contributed by atoms with van der Waals surface area (Å²) in [6.07, 6.45) is 1.82. The van der Waals surface area contributed by atoms with Crippen LogP contribution in [0.15, 0.2) is 29.2 Å². The smallest absolute Gasteiger partial charge is 0.242 e. The minimum absolute atomic E-state index is 0.434. The highest BCUT2D eigenvalue weighted by atomic mass is 32.2. The van der Waals surface area contributed by atoms with Crippen molar-refractivity contribution in [2.24, 2.45) is 0 Å². The fourth-order valence-corrected chi connectivity index (χ4v) is 5.13. The monoisotopic (exact) mass is 312 g/mol. The summed E-state index contributed by atoms with van der Waals surface area (Å²) >= 11 is 1.53. The Hall–Kier alpha value is -0.950. The van der Waals surface area contributed by atoms with Crippen molar-refractivity contribution in [3.8, 4) is 0 Å². The van der Waals surface area contributed by atoms with Crippen molar-refractivity contribution in [3.63, 3.8) is 0 Å². The van der Waals surface area contributed by atoms with E-state index in [1.807, 2.05) is 38.2 Å². The van der Waals surface area contributed by atoms with E-state index in [2.05, 4.69) is 10.0 Å². The molecule has 0 atom stereocenters. The predicted octanol–water partition coefficient (Wildman–Crippen LogP) is 2.70. The van der Waals surface area contributed by atoms with Gasteiger partial charge < -0.3 is 5.32 Å². The topological polar surface area (TPSA) is 58.2 Å². The minimum Gasteiger partial charge on any atom is -0.315 e. The first kappa shape index (κ1) is 15.4. The number of benzene rings is 1. The summed E-state index contributed by atoms with van der Waals surface area (Å²) in [4.78, 5) is 1.29. The van der Waals surface area contributed by atoms with Crippen LogP contribution in [0.25, 0.3) is 10.1 Å². The van der Waals surface area contributed by atoms with Gasteiger partial charge in [-0.25, -0.2) is 13.1 Å². The molecule has 0 spiro atoms. The van der Waals surface area contributed by atoms with E-state index < -0.39 is 10.0 Å². The Kier molecular flexibility index (Phi) is 5.15. The first-order valence-corrected chi connectivity index (χ1v) is 9.04. The third-order valence-electron chi connectivity index (χ3n) is 3.05. The van der Waals surface area contributed by atoms with E-state index in [0.29, 0.717) is 18.0 Å². The summed E-state index contributed by atoms with van der Waals surface area (Å²) in [5, 5.41) is 3.85. The van der Waals surface area contributed by atoms with Gasteiger partial charge in [0.25, 0.3) is 0 Å². The van der Waals surface area contributed by atoms with Crippen LogP contribution in [0, 0.1) is 0 Å². The van der Waals surface area contributed by atoms with Crippen LogP contribution < -0.4 is 10.0 Å². The number of unbranched alkanes of at least 4 members (excludes halogenated alkanes) is 1. The van der Waals surface area contributed by atoms with Crippen LogP contribution in [0.4, 0.5) is 0 Å². The van der Waals surface area contributed by atoms with E-state index in [4.69, 9.17) is 0 Å². The molecule has 0 fully saturated rings. The molecule has 0 amide bonds. The van der Waals surface area contributed by atoms with E-state index >= 15 is 0 Å². The Morgan fingerprint density at radius 1 is 1.25 bits per heavy atom. The lowest BCUT2D eigenvalue weighted by Crippen LogP contribution is -2.25. The number of sulfonamides is 1. The summed E-state index contributed by atoms with van der Waals surface area (Å²) in [7, 11) is -1.62. The van der Waals surface area contributed by atoms with Crippen molar-refractivity contribution < 1.29 is 8.42 Å². The average Bonchev–Trinajstić information content (AvgIpc) is 2.78. The molecule has 1 aromatic carbocycles. The van der Waals surface area contributed by atoms with Crippen LogP contribution in [0.3, 0.4) is 0 Å². The molecule has 2 N–H and O–H groups in total.